The molecule has 2 aromatic heterocycles. The molecule has 0 bridgehead atoms. The fraction of sp³-hybridized carbons (Fsp3) is 0.250. The molecule has 3 aromatic rings. The van der Waals surface area contributed by atoms with Gasteiger partial charge in [-0.25, -0.2) is 9.97 Å². The van der Waals surface area contributed by atoms with Gasteiger partial charge in [0.15, 0.2) is 0 Å². The number of likely N-dealkylation sites (N-methyl/N-ethyl adjacent to an activating group) is 1. The summed E-state index contributed by atoms with van der Waals surface area (Å²) in [4.78, 5) is 23.5. The van der Waals surface area contributed by atoms with Gasteiger partial charge in [0, 0.05) is 29.6 Å². The number of carbonyl (C=O) groups is 1. The lowest BCUT2D eigenvalue weighted by Crippen LogP contribution is -2.32. The van der Waals surface area contributed by atoms with E-state index in [-0.39, 0.29) is 11.9 Å². The lowest BCUT2D eigenvalue weighted by molar-refractivity contribution is 0.0703. The molecule has 7 nitrogen and oxygen atoms in total. The van der Waals surface area contributed by atoms with Crippen molar-refractivity contribution in [1.82, 2.24) is 14.9 Å². The lowest BCUT2D eigenvalue weighted by atomic mass is 10.0. The molecule has 0 unspecified atom stereocenters. The first-order valence-electron chi connectivity index (χ1n) is 8.97. The van der Waals surface area contributed by atoms with Gasteiger partial charge in [0.25, 0.3) is 5.91 Å². The fourth-order valence-electron chi connectivity index (χ4n) is 3.82. The number of benzene rings is 1. The van der Waals surface area contributed by atoms with E-state index in [1.807, 2.05) is 0 Å². The second-order valence-electron chi connectivity index (χ2n) is 7.08. The van der Waals surface area contributed by atoms with Crippen LogP contribution >= 0.6 is 23.2 Å². The van der Waals surface area contributed by atoms with E-state index in [2.05, 4.69) is 9.97 Å². The van der Waals surface area contributed by atoms with Crippen LogP contribution in [0.1, 0.15) is 33.2 Å². The van der Waals surface area contributed by atoms with Crippen molar-refractivity contribution in [3.63, 3.8) is 0 Å². The SMILES string of the molecule is CN(C(=O)c1cc2c3c(c(N)nc2cn1)COC3)[C@H]1COc2cc(Cl)c(Cl)cc21. The van der Waals surface area contributed by atoms with E-state index >= 15 is 0 Å². The number of halogens is 2. The van der Waals surface area contributed by atoms with Crippen molar-refractivity contribution in [3.8, 4) is 5.75 Å². The van der Waals surface area contributed by atoms with Gasteiger partial charge in [0.2, 0.25) is 0 Å². The zero-order valence-corrected chi connectivity index (χ0v) is 16.9. The molecule has 148 valence electrons. The molecule has 0 fully saturated rings. The Bertz CT molecular complexity index is 1180. The molecule has 0 saturated heterocycles. The highest BCUT2D eigenvalue weighted by Gasteiger charge is 2.32. The smallest absolute Gasteiger partial charge is 0.272 e. The van der Waals surface area contributed by atoms with Crippen LogP contribution < -0.4 is 10.5 Å². The van der Waals surface area contributed by atoms with Crippen LogP contribution in [0.2, 0.25) is 10.0 Å². The third-order valence-corrected chi connectivity index (χ3v) is 6.15. The summed E-state index contributed by atoms with van der Waals surface area (Å²) in [5, 5.41) is 1.67. The summed E-state index contributed by atoms with van der Waals surface area (Å²) in [6, 6.07) is 4.87. The van der Waals surface area contributed by atoms with Gasteiger partial charge in [-0.05, 0) is 17.7 Å². The maximum Gasteiger partial charge on any atom is 0.272 e. The van der Waals surface area contributed by atoms with Crippen LogP contribution in [0.3, 0.4) is 0 Å². The molecule has 5 rings (SSSR count). The van der Waals surface area contributed by atoms with Crippen LogP contribution in [0.5, 0.6) is 5.75 Å². The number of carbonyl (C=O) groups excluding carboxylic acids is 1. The molecular formula is C20H16Cl2N4O3. The molecule has 1 atom stereocenters. The molecule has 0 radical (unpaired) electrons. The first-order valence-corrected chi connectivity index (χ1v) is 9.73. The van der Waals surface area contributed by atoms with Crippen molar-refractivity contribution in [2.24, 2.45) is 0 Å². The van der Waals surface area contributed by atoms with E-state index in [4.69, 9.17) is 38.4 Å². The molecule has 0 saturated carbocycles. The highest BCUT2D eigenvalue weighted by atomic mass is 35.5. The predicted molar refractivity (Wildman–Crippen MR) is 109 cm³/mol. The summed E-state index contributed by atoms with van der Waals surface area (Å²) in [5.74, 6) is 0.840. The number of nitrogens with zero attached hydrogens (tertiary/aromatic N) is 3. The molecular weight excluding hydrogens is 415 g/mol. The second-order valence-corrected chi connectivity index (χ2v) is 7.90. The quantitative estimate of drug-likeness (QED) is 0.665. The number of pyridine rings is 2. The molecule has 2 aliphatic rings. The van der Waals surface area contributed by atoms with Crippen molar-refractivity contribution >= 4 is 45.8 Å². The lowest BCUT2D eigenvalue weighted by Gasteiger charge is -2.23. The normalized spacial score (nSPS) is 17.1. The Morgan fingerprint density at radius 1 is 1.21 bits per heavy atom. The van der Waals surface area contributed by atoms with Crippen molar-refractivity contribution in [3.05, 3.63) is 56.8 Å². The number of fused-ring (bicyclic) bond motifs is 4. The molecule has 9 heteroatoms. The number of anilines is 1. The minimum atomic E-state index is -0.289. The van der Waals surface area contributed by atoms with E-state index < -0.39 is 0 Å². The summed E-state index contributed by atoms with van der Waals surface area (Å²) in [6.07, 6.45) is 1.57. The predicted octanol–water partition coefficient (Wildman–Crippen LogP) is 3.75. The molecule has 1 aromatic carbocycles. The Morgan fingerprint density at radius 2 is 1.97 bits per heavy atom. The molecule has 1 amide bonds. The van der Waals surface area contributed by atoms with E-state index in [0.717, 1.165) is 22.1 Å². The van der Waals surface area contributed by atoms with Crippen molar-refractivity contribution in [2.45, 2.75) is 19.3 Å². The van der Waals surface area contributed by atoms with Gasteiger partial charge < -0.3 is 20.1 Å². The Balaban J connectivity index is 1.51. The number of ether oxygens (including phenoxy) is 2. The Hall–Kier alpha value is -2.61. The molecule has 4 heterocycles. The van der Waals surface area contributed by atoms with E-state index in [1.54, 1.807) is 36.3 Å². The average molecular weight is 431 g/mol. The highest BCUT2D eigenvalue weighted by Crippen LogP contribution is 2.41. The number of nitrogens with two attached hydrogens (primary N) is 1. The van der Waals surface area contributed by atoms with Crippen molar-refractivity contribution < 1.29 is 14.3 Å². The largest absolute Gasteiger partial charge is 0.491 e. The molecule has 29 heavy (non-hydrogen) atoms. The number of aromatic nitrogens is 2. The topological polar surface area (TPSA) is 90.6 Å². The van der Waals surface area contributed by atoms with Crippen LogP contribution in [0, 0.1) is 0 Å². The Labute approximate surface area is 176 Å². The van der Waals surface area contributed by atoms with Gasteiger partial charge in [-0.15, -0.1) is 0 Å². The van der Waals surface area contributed by atoms with Crippen LogP contribution in [0.4, 0.5) is 5.82 Å². The Kier molecular flexibility index (Phi) is 4.27. The number of amides is 1. The van der Waals surface area contributed by atoms with Gasteiger partial charge in [0.05, 0.1) is 41.0 Å². The summed E-state index contributed by atoms with van der Waals surface area (Å²) in [6.45, 7) is 1.19. The van der Waals surface area contributed by atoms with Crippen molar-refractivity contribution in [1.29, 1.82) is 0 Å². The maximum absolute atomic E-state index is 13.2. The van der Waals surface area contributed by atoms with Crippen LogP contribution in [-0.2, 0) is 18.0 Å². The van der Waals surface area contributed by atoms with Crippen LogP contribution in [0.15, 0.2) is 24.4 Å². The third kappa shape index (κ3) is 2.88. The van der Waals surface area contributed by atoms with Gasteiger partial charge in [-0.2, -0.15) is 0 Å². The van der Waals surface area contributed by atoms with Crippen LogP contribution in [-0.4, -0.2) is 34.4 Å². The first-order chi connectivity index (χ1) is 13.9. The standard InChI is InChI=1S/C20H16Cl2N4O3/c1-26(17-8-29-18-4-14(22)13(21)2-10(17)18)20(27)15-3-9-11-6-28-7-12(11)19(23)25-16(9)5-24-15/h2-5,17H,6-8H2,1H3,(H2,23,25)/t17-/m0/s1. The molecule has 0 spiro atoms. The van der Waals surface area contributed by atoms with Crippen molar-refractivity contribution in [2.75, 3.05) is 19.4 Å². The number of nitrogen functional groups attached to an aromatic ring is 1. The minimum absolute atomic E-state index is 0.232. The summed E-state index contributed by atoms with van der Waals surface area (Å²) < 4.78 is 11.2. The molecule has 2 aliphatic heterocycles. The van der Waals surface area contributed by atoms with Gasteiger partial charge in [-0.3, -0.25) is 4.79 Å². The zero-order chi connectivity index (χ0) is 20.3. The highest BCUT2D eigenvalue weighted by molar-refractivity contribution is 6.42. The third-order valence-electron chi connectivity index (χ3n) is 5.43. The fourth-order valence-corrected chi connectivity index (χ4v) is 4.15. The molecule has 0 aliphatic carbocycles. The Morgan fingerprint density at radius 3 is 2.79 bits per heavy atom. The number of hydrogen-bond donors (Lipinski definition) is 1. The summed E-state index contributed by atoms with van der Waals surface area (Å²) in [7, 11) is 1.72. The van der Waals surface area contributed by atoms with Gasteiger partial charge >= 0.3 is 0 Å². The first kappa shape index (κ1) is 18.4. The summed E-state index contributed by atoms with van der Waals surface area (Å²) in [5.41, 5.74) is 9.62. The van der Waals surface area contributed by atoms with Gasteiger partial charge in [-0.1, -0.05) is 23.2 Å². The van der Waals surface area contributed by atoms with Gasteiger partial charge in [0.1, 0.15) is 23.9 Å². The maximum atomic E-state index is 13.2. The second kappa shape index (κ2) is 6.73. The van der Waals surface area contributed by atoms with E-state index in [0.29, 0.717) is 52.6 Å². The average Bonchev–Trinajstić information content (AvgIpc) is 3.35. The van der Waals surface area contributed by atoms with Crippen LogP contribution in [0.25, 0.3) is 10.9 Å². The molecule has 2 N–H and O–H groups in total. The number of rotatable bonds is 2. The summed E-state index contributed by atoms with van der Waals surface area (Å²) >= 11 is 12.2. The zero-order valence-electron chi connectivity index (χ0n) is 15.4. The van der Waals surface area contributed by atoms with E-state index in [1.165, 1.54) is 0 Å². The van der Waals surface area contributed by atoms with E-state index in [9.17, 15) is 4.79 Å². The number of hydrogen-bond acceptors (Lipinski definition) is 6. The monoisotopic (exact) mass is 430 g/mol. The minimum Gasteiger partial charge on any atom is -0.491 e.